The number of rotatable bonds is 9. The Morgan fingerprint density at radius 1 is 0.976 bits per heavy atom. The zero-order valence-electron chi connectivity index (χ0n) is 22.1. The molecular formula is C31H27F2N5O3. The quantitative estimate of drug-likeness (QED) is 0.217. The van der Waals surface area contributed by atoms with Gasteiger partial charge >= 0.3 is 0 Å². The number of nitrogens with two attached hydrogens (primary N) is 1. The molecule has 41 heavy (non-hydrogen) atoms. The van der Waals surface area contributed by atoms with Crippen LogP contribution in [0, 0.1) is 11.3 Å². The number of carbonyl (C=O) groups excluding carboxylic acids is 2. The number of benzene rings is 3. The summed E-state index contributed by atoms with van der Waals surface area (Å²) >= 11 is 0. The lowest BCUT2D eigenvalue weighted by Gasteiger charge is -2.16. The Balaban J connectivity index is 1.81. The van der Waals surface area contributed by atoms with E-state index in [0.29, 0.717) is 22.3 Å². The molecule has 1 aromatic heterocycles. The number of aromatic nitrogens is 1. The van der Waals surface area contributed by atoms with E-state index >= 15 is 0 Å². The maximum atomic E-state index is 14.0. The highest BCUT2D eigenvalue weighted by Crippen LogP contribution is 2.36. The lowest BCUT2D eigenvalue weighted by molar-refractivity contribution is -0.00831. The molecule has 0 bridgehead atoms. The monoisotopic (exact) mass is 555 g/mol. The number of aromatic hydroxyl groups is 1. The number of para-hydroxylation sites is 1. The first-order valence-electron chi connectivity index (χ1n) is 12.8. The van der Waals surface area contributed by atoms with Crippen molar-refractivity contribution in [3.63, 3.8) is 0 Å². The van der Waals surface area contributed by atoms with Gasteiger partial charge in [-0.15, -0.1) is 0 Å². The van der Waals surface area contributed by atoms with Gasteiger partial charge in [0.05, 0.1) is 5.69 Å². The molecular weight excluding hydrogens is 528 g/mol. The second-order valence-electron chi connectivity index (χ2n) is 9.12. The lowest BCUT2D eigenvalue weighted by Crippen LogP contribution is -2.28. The van der Waals surface area contributed by atoms with Crippen molar-refractivity contribution in [2.75, 3.05) is 18.4 Å². The van der Waals surface area contributed by atoms with Crippen molar-refractivity contribution in [3.8, 4) is 34.2 Å². The summed E-state index contributed by atoms with van der Waals surface area (Å²) in [4.78, 5) is 30.2. The number of hydrogen-bond acceptors (Lipinski definition) is 6. The van der Waals surface area contributed by atoms with Gasteiger partial charge in [-0.3, -0.25) is 9.59 Å². The highest BCUT2D eigenvalue weighted by Gasteiger charge is 2.29. The van der Waals surface area contributed by atoms with Crippen LogP contribution in [0.4, 0.5) is 14.6 Å². The summed E-state index contributed by atoms with van der Waals surface area (Å²) < 4.78 is 28.1. The van der Waals surface area contributed by atoms with Crippen LogP contribution >= 0.6 is 0 Å². The SMILES string of the molecule is CCC(F)(F)c1ccc(C(=O)Nc2nc(-c3ccccc3O)cc(-c3cccc(C(=O)NCCN)c3)c2C#N)cc1. The van der Waals surface area contributed by atoms with Gasteiger partial charge in [0.25, 0.3) is 17.7 Å². The zero-order chi connectivity index (χ0) is 29.6. The molecule has 5 N–H and O–H groups in total. The fourth-order valence-corrected chi connectivity index (χ4v) is 4.17. The molecule has 3 aromatic carbocycles. The highest BCUT2D eigenvalue weighted by atomic mass is 19.3. The van der Waals surface area contributed by atoms with E-state index in [4.69, 9.17) is 5.73 Å². The van der Waals surface area contributed by atoms with Gasteiger partial charge in [0, 0.05) is 47.3 Å². The van der Waals surface area contributed by atoms with Crippen LogP contribution in [0.1, 0.15) is 45.2 Å². The lowest BCUT2D eigenvalue weighted by atomic mass is 9.96. The van der Waals surface area contributed by atoms with E-state index in [-0.39, 0.29) is 59.4 Å². The van der Waals surface area contributed by atoms with Gasteiger partial charge in [0.2, 0.25) is 0 Å². The fourth-order valence-electron chi connectivity index (χ4n) is 4.17. The summed E-state index contributed by atoms with van der Waals surface area (Å²) in [6.45, 7) is 1.92. The number of amides is 2. The maximum Gasteiger partial charge on any atom is 0.273 e. The first kappa shape index (κ1) is 28.9. The van der Waals surface area contributed by atoms with E-state index < -0.39 is 11.8 Å². The van der Waals surface area contributed by atoms with Crippen LogP contribution in [0.3, 0.4) is 0 Å². The number of nitrogens with zero attached hydrogens (tertiary/aromatic N) is 2. The molecule has 0 atom stereocenters. The van der Waals surface area contributed by atoms with Crippen molar-refractivity contribution in [1.82, 2.24) is 10.3 Å². The first-order valence-corrected chi connectivity index (χ1v) is 12.8. The molecule has 0 saturated heterocycles. The minimum atomic E-state index is -3.03. The number of halogens is 2. The van der Waals surface area contributed by atoms with Crippen molar-refractivity contribution in [3.05, 3.63) is 101 Å². The van der Waals surface area contributed by atoms with E-state index in [9.17, 15) is 28.7 Å². The van der Waals surface area contributed by atoms with Crippen LogP contribution in [-0.4, -0.2) is 35.0 Å². The summed E-state index contributed by atoms with van der Waals surface area (Å²) in [6, 6.07) is 21.6. The van der Waals surface area contributed by atoms with E-state index in [1.54, 1.807) is 48.5 Å². The van der Waals surface area contributed by atoms with Gasteiger partial charge in [-0.05, 0) is 48.0 Å². The van der Waals surface area contributed by atoms with Crippen molar-refractivity contribution in [2.24, 2.45) is 5.73 Å². The van der Waals surface area contributed by atoms with Crippen molar-refractivity contribution in [1.29, 1.82) is 5.26 Å². The molecule has 0 fully saturated rings. The third kappa shape index (κ3) is 6.37. The second kappa shape index (κ2) is 12.4. The summed E-state index contributed by atoms with van der Waals surface area (Å²) in [5, 5.41) is 26.0. The van der Waals surface area contributed by atoms with Crippen LogP contribution in [0.5, 0.6) is 5.75 Å². The number of carbonyl (C=O) groups is 2. The molecule has 0 unspecified atom stereocenters. The predicted molar refractivity (Wildman–Crippen MR) is 151 cm³/mol. The first-order chi connectivity index (χ1) is 19.7. The van der Waals surface area contributed by atoms with Crippen LogP contribution < -0.4 is 16.4 Å². The molecule has 1 heterocycles. The number of nitriles is 1. The van der Waals surface area contributed by atoms with Gasteiger partial charge < -0.3 is 21.5 Å². The Morgan fingerprint density at radius 2 is 1.71 bits per heavy atom. The van der Waals surface area contributed by atoms with E-state index in [0.717, 1.165) is 0 Å². The minimum Gasteiger partial charge on any atom is -0.507 e. The molecule has 10 heteroatoms. The molecule has 8 nitrogen and oxygen atoms in total. The predicted octanol–water partition coefficient (Wildman–Crippen LogP) is 5.44. The molecule has 0 radical (unpaired) electrons. The van der Waals surface area contributed by atoms with E-state index in [1.165, 1.54) is 37.3 Å². The van der Waals surface area contributed by atoms with Crippen LogP contribution in [-0.2, 0) is 5.92 Å². The highest BCUT2D eigenvalue weighted by molar-refractivity contribution is 6.05. The molecule has 0 aliphatic carbocycles. The van der Waals surface area contributed by atoms with Gasteiger partial charge in [0.1, 0.15) is 17.4 Å². The van der Waals surface area contributed by atoms with Gasteiger partial charge in [-0.1, -0.05) is 43.3 Å². The number of anilines is 1. The Labute approximate surface area is 235 Å². The van der Waals surface area contributed by atoms with E-state index in [1.807, 2.05) is 0 Å². The smallest absolute Gasteiger partial charge is 0.273 e. The van der Waals surface area contributed by atoms with Gasteiger partial charge in [-0.25, -0.2) is 13.8 Å². The third-order valence-electron chi connectivity index (χ3n) is 6.42. The van der Waals surface area contributed by atoms with Crippen molar-refractivity contribution in [2.45, 2.75) is 19.3 Å². The topological polar surface area (TPSA) is 141 Å². The zero-order valence-corrected chi connectivity index (χ0v) is 22.1. The standard InChI is InChI=1S/C31H27F2N5O3/c1-2-31(32,33)22-12-10-19(11-13-22)30(41)38-28-25(18-35)24(17-26(37-28)23-8-3-4-9-27(23)39)20-6-5-7-21(16-20)29(40)36-15-14-34/h3-13,16-17,39H,2,14-15,34H2,1H3,(H,36,40)(H,37,38,41). The summed E-state index contributed by atoms with van der Waals surface area (Å²) in [6.07, 6.45) is -0.383. The fraction of sp³-hybridized carbons (Fsp3) is 0.161. The number of phenolic OH excluding ortho intramolecular Hbond substituents is 1. The number of hydrogen-bond donors (Lipinski definition) is 4. The van der Waals surface area contributed by atoms with Crippen molar-refractivity contribution < 1.29 is 23.5 Å². The average Bonchev–Trinajstić information content (AvgIpc) is 2.99. The molecule has 208 valence electrons. The summed E-state index contributed by atoms with van der Waals surface area (Å²) in [5.74, 6) is -4.22. The van der Waals surface area contributed by atoms with Gasteiger partial charge in [-0.2, -0.15) is 5.26 Å². The Morgan fingerprint density at radius 3 is 2.37 bits per heavy atom. The molecule has 0 saturated carbocycles. The Bertz CT molecular complexity index is 1630. The van der Waals surface area contributed by atoms with Crippen LogP contribution in [0.25, 0.3) is 22.4 Å². The molecule has 4 aromatic rings. The Hall–Kier alpha value is -5.14. The van der Waals surface area contributed by atoms with Crippen LogP contribution in [0.15, 0.2) is 78.9 Å². The summed E-state index contributed by atoms with van der Waals surface area (Å²) in [5.41, 5.74) is 7.12. The molecule has 4 rings (SSSR count). The minimum absolute atomic E-state index is 0.00572. The molecule has 0 aliphatic rings. The largest absolute Gasteiger partial charge is 0.507 e. The number of nitrogens with one attached hydrogen (secondary N) is 2. The van der Waals surface area contributed by atoms with Crippen molar-refractivity contribution >= 4 is 17.6 Å². The third-order valence-corrected chi connectivity index (χ3v) is 6.42. The van der Waals surface area contributed by atoms with Gasteiger partial charge in [0.15, 0.2) is 5.82 Å². The summed E-state index contributed by atoms with van der Waals surface area (Å²) in [7, 11) is 0. The normalized spacial score (nSPS) is 11.0. The maximum absolute atomic E-state index is 14.0. The number of alkyl halides is 2. The molecule has 2 amide bonds. The average molecular weight is 556 g/mol. The number of phenols is 1. The number of pyridine rings is 1. The molecule has 0 spiro atoms. The Kier molecular flexibility index (Phi) is 8.70. The second-order valence-corrected chi connectivity index (χ2v) is 9.12. The van der Waals surface area contributed by atoms with E-state index in [2.05, 4.69) is 21.7 Å². The molecule has 0 aliphatic heterocycles. The van der Waals surface area contributed by atoms with Crippen LogP contribution in [0.2, 0.25) is 0 Å².